The van der Waals surface area contributed by atoms with E-state index in [1.165, 1.54) is 180 Å². The van der Waals surface area contributed by atoms with Crippen LogP contribution in [0.4, 0.5) is 0 Å². The second kappa shape index (κ2) is 65.1. The second-order valence-electron chi connectivity index (χ2n) is 22.0. The Kier molecular flexibility index (Phi) is 62.2. The van der Waals surface area contributed by atoms with Crippen LogP contribution in [0.3, 0.4) is 0 Å². The summed E-state index contributed by atoms with van der Waals surface area (Å²) < 4.78 is 17.0. The normalized spacial score (nSPS) is 12.6. The Morgan fingerprint density at radius 1 is 0.273 bits per heavy atom. The highest BCUT2D eigenvalue weighted by Gasteiger charge is 2.19. The van der Waals surface area contributed by atoms with Crippen LogP contribution in [-0.2, 0) is 28.6 Å². The molecular weight excluding hydrogens is 949 g/mol. The summed E-state index contributed by atoms with van der Waals surface area (Å²) in [5, 5.41) is 0. The van der Waals surface area contributed by atoms with Crippen molar-refractivity contribution in [3.05, 3.63) is 85.1 Å². The Morgan fingerprint density at radius 3 is 0.792 bits per heavy atom. The van der Waals surface area contributed by atoms with Gasteiger partial charge >= 0.3 is 17.9 Å². The van der Waals surface area contributed by atoms with Gasteiger partial charge in [0.1, 0.15) is 13.2 Å². The maximum atomic E-state index is 12.9. The zero-order chi connectivity index (χ0) is 55.7. The molecule has 0 amide bonds. The molecule has 0 fully saturated rings. The number of hydrogen-bond acceptors (Lipinski definition) is 6. The molecule has 1 unspecified atom stereocenters. The lowest BCUT2D eigenvalue weighted by molar-refractivity contribution is -0.167. The van der Waals surface area contributed by atoms with E-state index in [2.05, 4.69) is 106 Å². The van der Waals surface area contributed by atoms with Crippen LogP contribution in [0.15, 0.2) is 85.1 Å². The zero-order valence-corrected chi connectivity index (χ0v) is 51.0. The third-order valence-corrected chi connectivity index (χ3v) is 14.4. The SMILES string of the molecule is CC/C=C\C/C=C\C/C=C\C/C=C\CCCCCCCCCCCCCCC(=O)OCC(COC(=O)CCCCCCCCCCCCCCCCCCC)OC(=O)CCCCCCCCC/C=C\C/C=C\C/C=C\CC. The maximum Gasteiger partial charge on any atom is 0.306 e. The van der Waals surface area contributed by atoms with Crippen LogP contribution >= 0.6 is 0 Å². The van der Waals surface area contributed by atoms with Gasteiger partial charge in [0, 0.05) is 19.3 Å². The van der Waals surface area contributed by atoms with Crippen molar-refractivity contribution in [3.63, 3.8) is 0 Å². The molecule has 444 valence electrons. The molecule has 0 saturated carbocycles. The Balaban J connectivity index is 4.32. The minimum absolute atomic E-state index is 0.0774. The summed E-state index contributed by atoms with van der Waals surface area (Å²) in [4.78, 5) is 38.4. The van der Waals surface area contributed by atoms with E-state index in [1.807, 2.05) is 0 Å². The van der Waals surface area contributed by atoms with Gasteiger partial charge in [-0.2, -0.15) is 0 Å². The number of esters is 3. The van der Waals surface area contributed by atoms with E-state index in [4.69, 9.17) is 14.2 Å². The highest BCUT2D eigenvalue weighted by Crippen LogP contribution is 2.17. The monoisotopic (exact) mass is 1070 g/mol. The van der Waals surface area contributed by atoms with Gasteiger partial charge in [-0.3, -0.25) is 14.4 Å². The third-order valence-electron chi connectivity index (χ3n) is 14.4. The van der Waals surface area contributed by atoms with Crippen molar-refractivity contribution < 1.29 is 28.6 Å². The number of ether oxygens (including phenoxy) is 3. The van der Waals surface area contributed by atoms with Crippen molar-refractivity contribution in [2.24, 2.45) is 0 Å². The maximum absolute atomic E-state index is 12.9. The summed E-state index contributed by atoms with van der Waals surface area (Å²) in [7, 11) is 0. The number of unbranched alkanes of at least 4 members (excludes halogenated alkanes) is 35. The zero-order valence-electron chi connectivity index (χ0n) is 51.0. The van der Waals surface area contributed by atoms with Crippen molar-refractivity contribution in [1.29, 1.82) is 0 Å². The molecule has 6 heteroatoms. The van der Waals surface area contributed by atoms with Crippen LogP contribution in [0.5, 0.6) is 0 Å². The molecule has 0 heterocycles. The van der Waals surface area contributed by atoms with E-state index in [9.17, 15) is 14.4 Å². The highest BCUT2D eigenvalue weighted by atomic mass is 16.6. The predicted molar refractivity (Wildman–Crippen MR) is 334 cm³/mol. The Morgan fingerprint density at radius 2 is 0.506 bits per heavy atom. The number of allylic oxidation sites excluding steroid dienone is 14. The summed E-state index contributed by atoms with van der Waals surface area (Å²) in [6.07, 6.45) is 85.9. The van der Waals surface area contributed by atoms with Crippen LogP contribution in [0.2, 0.25) is 0 Å². The van der Waals surface area contributed by atoms with Crippen molar-refractivity contribution in [3.8, 4) is 0 Å². The van der Waals surface area contributed by atoms with Crippen LogP contribution in [-0.4, -0.2) is 37.2 Å². The van der Waals surface area contributed by atoms with Gasteiger partial charge in [-0.1, -0.05) is 305 Å². The van der Waals surface area contributed by atoms with E-state index >= 15 is 0 Å². The molecule has 0 aliphatic carbocycles. The van der Waals surface area contributed by atoms with Gasteiger partial charge in [0.25, 0.3) is 0 Å². The first kappa shape index (κ1) is 73.6. The Bertz CT molecular complexity index is 1470. The smallest absolute Gasteiger partial charge is 0.306 e. The van der Waals surface area contributed by atoms with Crippen molar-refractivity contribution in [2.75, 3.05) is 13.2 Å². The average Bonchev–Trinajstić information content (AvgIpc) is 3.43. The van der Waals surface area contributed by atoms with Crippen LogP contribution in [0.1, 0.15) is 329 Å². The lowest BCUT2D eigenvalue weighted by Gasteiger charge is -2.18. The average molecular weight is 1070 g/mol. The van der Waals surface area contributed by atoms with E-state index in [1.54, 1.807) is 0 Å². The number of carbonyl (C=O) groups excluding carboxylic acids is 3. The number of hydrogen-bond donors (Lipinski definition) is 0. The topological polar surface area (TPSA) is 78.9 Å². The lowest BCUT2D eigenvalue weighted by atomic mass is 10.0. The fraction of sp³-hybridized carbons (Fsp3) is 0.761. The van der Waals surface area contributed by atoms with Crippen molar-refractivity contribution in [2.45, 2.75) is 335 Å². The molecule has 0 spiro atoms. The summed E-state index contributed by atoms with van der Waals surface area (Å²) in [5.74, 6) is -0.872. The first-order chi connectivity index (χ1) is 38.0. The number of carbonyl (C=O) groups is 3. The third kappa shape index (κ3) is 63.3. The summed E-state index contributed by atoms with van der Waals surface area (Å²) in [6.45, 7) is 6.45. The molecule has 0 aliphatic heterocycles. The lowest BCUT2D eigenvalue weighted by Crippen LogP contribution is -2.30. The van der Waals surface area contributed by atoms with Crippen molar-refractivity contribution in [1.82, 2.24) is 0 Å². The molecule has 0 N–H and O–H groups in total. The highest BCUT2D eigenvalue weighted by molar-refractivity contribution is 5.71. The molecule has 1 atom stereocenters. The number of rotatable bonds is 60. The molecule has 0 aromatic heterocycles. The minimum Gasteiger partial charge on any atom is -0.462 e. The summed E-state index contributed by atoms with van der Waals surface area (Å²) in [6, 6.07) is 0. The Labute approximate surface area is 477 Å². The molecular formula is C71H124O6. The van der Waals surface area contributed by atoms with Crippen LogP contribution in [0, 0.1) is 0 Å². The van der Waals surface area contributed by atoms with Gasteiger partial charge in [0.15, 0.2) is 6.10 Å². The molecule has 0 saturated heterocycles. The van der Waals surface area contributed by atoms with E-state index < -0.39 is 6.10 Å². The molecule has 6 nitrogen and oxygen atoms in total. The van der Waals surface area contributed by atoms with Gasteiger partial charge in [-0.25, -0.2) is 0 Å². The minimum atomic E-state index is -0.782. The molecule has 0 bridgehead atoms. The van der Waals surface area contributed by atoms with Crippen LogP contribution < -0.4 is 0 Å². The second-order valence-corrected chi connectivity index (χ2v) is 22.0. The predicted octanol–water partition coefficient (Wildman–Crippen LogP) is 22.7. The summed E-state index contributed by atoms with van der Waals surface area (Å²) in [5.41, 5.74) is 0. The Hall–Kier alpha value is -3.41. The molecule has 0 rings (SSSR count). The first-order valence-corrected chi connectivity index (χ1v) is 33.1. The molecule has 0 aromatic rings. The van der Waals surface area contributed by atoms with Gasteiger partial charge in [-0.05, 0) is 89.9 Å². The fourth-order valence-electron chi connectivity index (χ4n) is 9.51. The first-order valence-electron chi connectivity index (χ1n) is 33.1. The molecule has 77 heavy (non-hydrogen) atoms. The van der Waals surface area contributed by atoms with E-state index in [0.29, 0.717) is 19.3 Å². The standard InChI is InChI=1S/C71H124O6/c1-4-7-10-13-16-19-22-25-28-31-32-33-34-35-36-37-38-41-43-46-49-52-55-58-61-64-70(73)76-67-68(77-71(74)65-62-59-56-53-50-47-44-40-30-27-24-21-18-15-12-9-6-3)66-75-69(72)63-60-57-54-51-48-45-42-39-29-26-23-20-17-14-11-8-5-2/h7,9-10,12,16,18-19,21,25,27-28,30,32-33,68H,4-6,8,11,13-15,17,20,22-24,26,29,31,34-67H2,1-3H3/b10-7-,12-9-,19-16-,21-18-,28-25-,30-27-,33-32-. The van der Waals surface area contributed by atoms with Gasteiger partial charge < -0.3 is 14.2 Å². The van der Waals surface area contributed by atoms with Gasteiger partial charge in [-0.15, -0.1) is 0 Å². The largest absolute Gasteiger partial charge is 0.462 e. The van der Waals surface area contributed by atoms with E-state index in [0.717, 1.165) is 109 Å². The fourth-order valence-corrected chi connectivity index (χ4v) is 9.51. The van der Waals surface area contributed by atoms with Crippen molar-refractivity contribution >= 4 is 17.9 Å². The van der Waals surface area contributed by atoms with Gasteiger partial charge in [0.05, 0.1) is 0 Å². The van der Waals surface area contributed by atoms with Gasteiger partial charge in [0.2, 0.25) is 0 Å². The van der Waals surface area contributed by atoms with E-state index in [-0.39, 0.29) is 31.1 Å². The quantitative estimate of drug-likeness (QED) is 0.0261. The molecule has 0 radical (unpaired) electrons. The molecule has 0 aromatic carbocycles. The molecule has 0 aliphatic rings. The summed E-state index contributed by atoms with van der Waals surface area (Å²) >= 11 is 0. The van der Waals surface area contributed by atoms with Crippen LogP contribution in [0.25, 0.3) is 0 Å².